The molecule has 0 aliphatic heterocycles. The summed E-state index contributed by atoms with van der Waals surface area (Å²) in [4.78, 5) is 0. The van der Waals surface area contributed by atoms with Crippen molar-refractivity contribution in [3.63, 3.8) is 0 Å². The molecule has 0 saturated heterocycles. The predicted molar refractivity (Wildman–Crippen MR) is 89.4 cm³/mol. The molecule has 2 aromatic rings. The molecule has 0 nitrogen and oxygen atoms in total. The molecule has 1 unspecified atom stereocenters. The summed E-state index contributed by atoms with van der Waals surface area (Å²) in [6.45, 7) is 2.19. The minimum Gasteiger partial charge on any atom is -1.00 e. The van der Waals surface area contributed by atoms with E-state index >= 15 is 0 Å². The number of fused-ring (bicyclic) bond motifs is 3. The van der Waals surface area contributed by atoms with Crippen LogP contribution in [0.4, 0.5) is 0 Å². The molecule has 24 heavy (non-hydrogen) atoms. The maximum Gasteiger partial charge on any atom is 2.00 e. The Labute approximate surface area is 176 Å². The maximum absolute atomic E-state index is 2.39. The van der Waals surface area contributed by atoms with Crippen molar-refractivity contribution in [2.45, 2.75) is 26.2 Å². The van der Waals surface area contributed by atoms with Gasteiger partial charge in [0.1, 0.15) is 0 Å². The summed E-state index contributed by atoms with van der Waals surface area (Å²) in [5, 5.41) is 0. The second-order valence-corrected chi connectivity index (χ2v) is 6.25. The Balaban J connectivity index is 0.000000960. The first kappa shape index (κ1) is 21.4. The quantitative estimate of drug-likeness (QED) is 0.513. The van der Waals surface area contributed by atoms with Crippen LogP contribution in [0, 0.1) is 5.92 Å². The monoisotopic (exact) mass is 432 g/mol. The van der Waals surface area contributed by atoms with Gasteiger partial charge < -0.3 is 24.8 Å². The summed E-state index contributed by atoms with van der Waals surface area (Å²) in [6.07, 6.45) is 10.5. The van der Waals surface area contributed by atoms with E-state index in [0.717, 1.165) is 6.42 Å². The average Bonchev–Trinajstić information content (AvgIpc) is 3.09. The Bertz CT molecular complexity index is 762. The van der Waals surface area contributed by atoms with Gasteiger partial charge in [0.2, 0.25) is 0 Å². The van der Waals surface area contributed by atoms with Gasteiger partial charge >= 0.3 is 26.2 Å². The van der Waals surface area contributed by atoms with Gasteiger partial charge in [-0.1, -0.05) is 66.3 Å². The fourth-order valence-electron chi connectivity index (χ4n) is 3.68. The Kier molecular flexibility index (Phi) is 8.20. The van der Waals surface area contributed by atoms with Crippen molar-refractivity contribution in [3.8, 4) is 11.1 Å². The van der Waals surface area contributed by atoms with Gasteiger partial charge in [-0.15, -0.1) is 0 Å². The van der Waals surface area contributed by atoms with Gasteiger partial charge in [-0.05, 0) is 59.9 Å². The zero-order valence-corrected chi connectivity index (χ0v) is 17.7. The van der Waals surface area contributed by atoms with Crippen LogP contribution in [0.2, 0.25) is 0 Å². The predicted octanol–water partition coefficient (Wildman–Crippen LogP) is -0.672. The van der Waals surface area contributed by atoms with Crippen LogP contribution in [0.25, 0.3) is 11.1 Å². The van der Waals surface area contributed by atoms with Crippen molar-refractivity contribution < 1.29 is 51.0 Å². The number of hydrogen-bond acceptors (Lipinski definition) is 0. The number of aryl methyl sites for hydroxylation is 1. The summed E-state index contributed by atoms with van der Waals surface area (Å²) in [5.74, 6) is 0.629. The third-order valence-corrected chi connectivity index (χ3v) is 4.78. The normalized spacial score (nSPS) is 16.2. The molecule has 0 amide bonds. The van der Waals surface area contributed by atoms with Crippen molar-refractivity contribution >= 4 is 0 Å². The molecule has 0 N–H and O–H groups in total. The van der Waals surface area contributed by atoms with Gasteiger partial charge in [0.25, 0.3) is 0 Å². The second-order valence-electron chi connectivity index (χ2n) is 6.25. The van der Waals surface area contributed by atoms with Crippen LogP contribution < -0.4 is 24.8 Å². The van der Waals surface area contributed by atoms with Gasteiger partial charge in [-0.3, -0.25) is 0 Å². The van der Waals surface area contributed by atoms with Crippen LogP contribution in [0.1, 0.15) is 30.0 Å². The molecule has 2 aliphatic carbocycles. The van der Waals surface area contributed by atoms with E-state index in [1.807, 2.05) is 0 Å². The Morgan fingerprint density at radius 3 is 2.46 bits per heavy atom. The molecule has 122 valence electrons. The van der Waals surface area contributed by atoms with Crippen LogP contribution >= 0.6 is 0 Å². The molecule has 0 radical (unpaired) electrons. The van der Waals surface area contributed by atoms with Crippen LogP contribution in [-0.2, 0) is 39.0 Å². The average molecular weight is 435 g/mol. The van der Waals surface area contributed by atoms with Crippen LogP contribution in [0.15, 0.2) is 66.3 Å². The standard InChI is InChI=1S/C21H20.2ClH.Zr/c1-15-9-10-16(13-15)11-12-17-6-4-8-20-19-7-3-2-5-18(19)14-21(17)20;;;/h2-10,13,16H,11-12,14H2,1H3;2*1H;/q;;;+2/p-2. The molecule has 1 atom stereocenters. The molecular weight excluding hydrogens is 414 g/mol. The molecule has 3 heteroatoms. The van der Waals surface area contributed by atoms with Crippen LogP contribution in [0.5, 0.6) is 0 Å². The number of rotatable bonds is 3. The van der Waals surface area contributed by atoms with Crippen molar-refractivity contribution in [1.29, 1.82) is 0 Å². The molecule has 0 heterocycles. The van der Waals surface area contributed by atoms with Gasteiger partial charge in [-0.25, -0.2) is 0 Å². The molecule has 0 aromatic heterocycles. The minimum atomic E-state index is 0. The van der Waals surface area contributed by atoms with Gasteiger partial charge in [0, 0.05) is 0 Å². The summed E-state index contributed by atoms with van der Waals surface area (Å²) >= 11 is 0. The zero-order valence-electron chi connectivity index (χ0n) is 13.7. The van der Waals surface area contributed by atoms with E-state index in [0.29, 0.717) is 5.92 Å². The van der Waals surface area contributed by atoms with E-state index in [9.17, 15) is 0 Å². The molecule has 0 fully saturated rings. The molecule has 2 aromatic carbocycles. The zero-order chi connectivity index (χ0) is 14.2. The molecule has 2 aliphatic rings. The summed E-state index contributed by atoms with van der Waals surface area (Å²) in [5.41, 5.74) is 8.88. The fourth-order valence-corrected chi connectivity index (χ4v) is 3.68. The van der Waals surface area contributed by atoms with E-state index in [1.54, 1.807) is 5.56 Å². The minimum absolute atomic E-state index is 0. The van der Waals surface area contributed by atoms with Crippen molar-refractivity contribution in [3.05, 3.63) is 83.0 Å². The number of benzene rings is 2. The largest absolute Gasteiger partial charge is 2.00 e. The Morgan fingerprint density at radius 1 is 0.958 bits per heavy atom. The van der Waals surface area contributed by atoms with Crippen molar-refractivity contribution in [1.82, 2.24) is 0 Å². The summed E-state index contributed by atoms with van der Waals surface area (Å²) < 4.78 is 0. The second kappa shape index (κ2) is 9.18. The number of hydrogen-bond donors (Lipinski definition) is 0. The van der Waals surface area contributed by atoms with Crippen LogP contribution in [0.3, 0.4) is 0 Å². The summed E-state index contributed by atoms with van der Waals surface area (Å²) in [7, 11) is 0. The first-order valence-electron chi connectivity index (χ1n) is 7.87. The van der Waals surface area contributed by atoms with Gasteiger partial charge in [0.05, 0.1) is 0 Å². The van der Waals surface area contributed by atoms with E-state index in [2.05, 4.69) is 67.6 Å². The first-order valence-corrected chi connectivity index (χ1v) is 7.87. The number of allylic oxidation sites excluding steroid dienone is 4. The third-order valence-electron chi connectivity index (χ3n) is 4.78. The topological polar surface area (TPSA) is 0 Å². The summed E-state index contributed by atoms with van der Waals surface area (Å²) in [6, 6.07) is 15.7. The number of halogens is 2. The molecule has 0 spiro atoms. The van der Waals surface area contributed by atoms with E-state index in [4.69, 9.17) is 0 Å². The van der Waals surface area contributed by atoms with Crippen LogP contribution in [-0.4, -0.2) is 0 Å². The molecule has 0 bridgehead atoms. The van der Waals surface area contributed by atoms with Gasteiger partial charge in [-0.2, -0.15) is 0 Å². The Hall–Kier alpha value is -0.617. The molecule has 0 saturated carbocycles. The van der Waals surface area contributed by atoms with E-state index in [1.165, 1.54) is 40.7 Å². The van der Waals surface area contributed by atoms with Crippen molar-refractivity contribution in [2.75, 3.05) is 0 Å². The smallest absolute Gasteiger partial charge is 1.00 e. The third kappa shape index (κ3) is 4.13. The maximum atomic E-state index is 2.39. The van der Waals surface area contributed by atoms with Crippen molar-refractivity contribution in [2.24, 2.45) is 5.92 Å². The van der Waals surface area contributed by atoms with E-state index in [-0.39, 0.29) is 51.0 Å². The fraction of sp³-hybridized carbons (Fsp3) is 0.238. The SMILES string of the molecule is CC1=CC(CCc2cccc3c2Cc2ccccc2-3)C=C1.[Cl-].[Cl-].[Zr+2]. The van der Waals surface area contributed by atoms with Gasteiger partial charge in [0.15, 0.2) is 0 Å². The molecular formula is C21H20Cl2Zr. The molecule has 4 rings (SSSR count). The first-order chi connectivity index (χ1) is 10.3. The van der Waals surface area contributed by atoms with E-state index < -0.39 is 0 Å². The Morgan fingerprint density at radius 2 is 1.71 bits per heavy atom.